The van der Waals surface area contributed by atoms with Crippen LogP contribution in [0, 0.1) is 0 Å². The van der Waals surface area contributed by atoms with Crippen molar-refractivity contribution in [1.82, 2.24) is 10.2 Å². The van der Waals surface area contributed by atoms with Gasteiger partial charge in [-0.3, -0.25) is 13.9 Å². The number of anilines is 1. The van der Waals surface area contributed by atoms with Crippen LogP contribution in [0.1, 0.15) is 38.3 Å². The number of carbonyl (C=O) groups is 2. The Morgan fingerprint density at radius 1 is 0.925 bits per heavy atom. The summed E-state index contributed by atoms with van der Waals surface area (Å²) in [7, 11) is -3.84. The average Bonchev–Trinajstić information content (AvgIpc) is 2.91. The number of nitrogens with one attached hydrogen (secondary N) is 1. The Balaban J connectivity index is 1.85. The maximum atomic E-state index is 13.8. The van der Waals surface area contributed by atoms with E-state index in [0.29, 0.717) is 29.5 Å². The first kappa shape index (κ1) is 31.0. The first-order chi connectivity index (χ1) is 19.0. The van der Waals surface area contributed by atoms with Crippen molar-refractivity contribution in [3.63, 3.8) is 0 Å². The molecule has 0 aliphatic heterocycles. The molecule has 3 aromatic rings. The molecule has 0 aliphatic rings. The molecule has 0 spiro atoms. The summed E-state index contributed by atoms with van der Waals surface area (Å²) in [6, 6.07) is 22.3. The average molecular weight is 586 g/mol. The van der Waals surface area contributed by atoms with Gasteiger partial charge in [-0.2, -0.15) is 0 Å². The van der Waals surface area contributed by atoms with E-state index in [2.05, 4.69) is 5.32 Å². The van der Waals surface area contributed by atoms with Crippen molar-refractivity contribution in [2.24, 2.45) is 0 Å². The highest BCUT2D eigenvalue weighted by molar-refractivity contribution is 7.92. The number of carbonyl (C=O) groups excluding carboxylic acids is 2. The van der Waals surface area contributed by atoms with E-state index in [1.807, 2.05) is 51.1 Å². The largest absolute Gasteiger partial charge is 0.489 e. The van der Waals surface area contributed by atoms with Gasteiger partial charge >= 0.3 is 0 Å². The fourth-order valence-corrected chi connectivity index (χ4v) is 5.13. The molecule has 1 atom stereocenters. The lowest BCUT2D eigenvalue weighted by molar-refractivity contribution is -0.140. The molecular formula is C30H36ClN3O5S. The summed E-state index contributed by atoms with van der Waals surface area (Å²) in [5.41, 5.74) is 2.08. The van der Waals surface area contributed by atoms with Crippen LogP contribution < -0.4 is 14.4 Å². The first-order valence-corrected chi connectivity index (χ1v) is 15.3. The molecular weight excluding hydrogens is 550 g/mol. The summed E-state index contributed by atoms with van der Waals surface area (Å²) >= 11 is 6.03. The normalized spacial score (nSPS) is 12.1. The fourth-order valence-electron chi connectivity index (χ4n) is 4.15. The molecule has 0 unspecified atom stereocenters. The first-order valence-electron chi connectivity index (χ1n) is 13.1. The van der Waals surface area contributed by atoms with E-state index in [1.165, 1.54) is 4.90 Å². The quantitative estimate of drug-likeness (QED) is 0.304. The van der Waals surface area contributed by atoms with Crippen molar-refractivity contribution in [3.8, 4) is 5.75 Å². The standard InChI is InChI=1S/C30H36ClN3O5S/c1-5-28(30(36)32-22(2)3)33(19-23-11-13-25(31)14-12-23)29(35)20-34(40(4,37)38)26-15-17-27(18-16-26)39-21-24-9-7-6-8-10-24/h6-18,22,28H,5,19-21H2,1-4H3,(H,32,36)/t28-/m1/s1. The Morgan fingerprint density at radius 2 is 1.55 bits per heavy atom. The number of benzene rings is 3. The highest BCUT2D eigenvalue weighted by atomic mass is 35.5. The molecule has 10 heteroatoms. The van der Waals surface area contributed by atoms with Gasteiger partial charge in [0.1, 0.15) is 24.9 Å². The van der Waals surface area contributed by atoms with Crippen LogP contribution in [0.3, 0.4) is 0 Å². The summed E-state index contributed by atoms with van der Waals surface area (Å²) in [4.78, 5) is 28.2. The summed E-state index contributed by atoms with van der Waals surface area (Å²) in [5, 5.41) is 3.42. The van der Waals surface area contributed by atoms with Gasteiger partial charge < -0.3 is 15.0 Å². The second-order valence-corrected chi connectivity index (χ2v) is 12.1. The summed E-state index contributed by atoms with van der Waals surface area (Å²) in [5.74, 6) is -0.241. The van der Waals surface area contributed by atoms with Crippen LogP contribution >= 0.6 is 11.6 Å². The van der Waals surface area contributed by atoms with Crippen LogP contribution in [0.5, 0.6) is 5.75 Å². The molecule has 1 N–H and O–H groups in total. The van der Waals surface area contributed by atoms with Crippen molar-refractivity contribution < 1.29 is 22.7 Å². The van der Waals surface area contributed by atoms with Gasteiger partial charge in [-0.25, -0.2) is 8.42 Å². The topological polar surface area (TPSA) is 96.0 Å². The molecule has 0 heterocycles. The van der Waals surface area contributed by atoms with Crippen molar-refractivity contribution in [3.05, 3.63) is 95.0 Å². The zero-order valence-corrected chi connectivity index (χ0v) is 24.8. The number of halogens is 1. The molecule has 0 saturated carbocycles. The molecule has 0 aliphatic carbocycles. The number of nitrogens with zero attached hydrogens (tertiary/aromatic N) is 2. The highest BCUT2D eigenvalue weighted by Crippen LogP contribution is 2.24. The molecule has 0 bridgehead atoms. The van der Waals surface area contributed by atoms with Gasteiger partial charge in [-0.1, -0.05) is 61.0 Å². The predicted octanol–water partition coefficient (Wildman–Crippen LogP) is 5.02. The second-order valence-electron chi connectivity index (χ2n) is 9.77. The molecule has 2 amide bonds. The van der Waals surface area contributed by atoms with Crippen LogP contribution in [0.25, 0.3) is 0 Å². The third-order valence-corrected chi connectivity index (χ3v) is 7.53. The molecule has 40 heavy (non-hydrogen) atoms. The maximum Gasteiger partial charge on any atom is 0.244 e. The molecule has 0 radical (unpaired) electrons. The van der Waals surface area contributed by atoms with Crippen molar-refractivity contribution >= 4 is 39.1 Å². The zero-order chi connectivity index (χ0) is 29.3. The summed E-state index contributed by atoms with van der Waals surface area (Å²) in [6.07, 6.45) is 1.40. The molecule has 3 aromatic carbocycles. The van der Waals surface area contributed by atoms with Crippen LogP contribution in [-0.4, -0.2) is 50.0 Å². The number of sulfonamides is 1. The minimum absolute atomic E-state index is 0.115. The van der Waals surface area contributed by atoms with Crippen molar-refractivity contribution in [2.75, 3.05) is 17.1 Å². The molecule has 3 rings (SSSR count). The monoisotopic (exact) mass is 585 g/mol. The SMILES string of the molecule is CC[C@H](C(=O)NC(C)C)N(Cc1ccc(Cl)cc1)C(=O)CN(c1ccc(OCc2ccccc2)cc1)S(C)(=O)=O. The zero-order valence-electron chi connectivity index (χ0n) is 23.2. The minimum Gasteiger partial charge on any atom is -0.489 e. The van der Waals surface area contributed by atoms with Gasteiger partial charge in [0, 0.05) is 17.6 Å². The van der Waals surface area contributed by atoms with Crippen LogP contribution in [0.2, 0.25) is 5.02 Å². The van der Waals surface area contributed by atoms with Gasteiger partial charge in [0.25, 0.3) is 0 Å². The van der Waals surface area contributed by atoms with Crippen LogP contribution in [0.4, 0.5) is 5.69 Å². The van der Waals surface area contributed by atoms with Gasteiger partial charge in [0.15, 0.2) is 0 Å². The Kier molecular flexibility index (Phi) is 11.0. The van der Waals surface area contributed by atoms with E-state index in [1.54, 1.807) is 48.5 Å². The number of rotatable bonds is 13. The van der Waals surface area contributed by atoms with Gasteiger partial charge in [-0.05, 0) is 67.8 Å². The van der Waals surface area contributed by atoms with E-state index in [-0.39, 0.29) is 18.5 Å². The number of ether oxygens (including phenoxy) is 1. The Morgan fingerprint density at radius 3 is 2.10 bits per heavy atom. The van der Waals surface area contributed by atoms with Gasteiger partial charge in [-0.15, -0.1) is 0 Å². The summed E-state index contributed by atoms with van der Waals surface area (Å²) < 4.78 is 32.5. The lowest BCUT2D eigenvalue weighted by atomic mass is 10.1. The predicted molar refractivity (Wildman–Crippen MR) is 159 cm³/mol. The van der Waals surface area contributed by atoms with Crippen molar-refractivity contribution in [2.45, 2.75) is 52.4 Å². The van der Waals surface area contributed by atoms with Gasteiger partial charge in [0.2, 0.25) is 21.8 Å². The third-order valence-electron chi connectivity index (χ3n) is 6.14. The number of hydrogen-bond acceptors (Lipinski definition) is 5. The van der Waals surface area contributed by atoms with Crippen molar-refractivity contribution in [1.29, 1.82) is 0 Å². The van der Waals surface area contributed by atoms with E-state index < -0.39 is 28.5 Å². The molecule has 0 aromatic heterocycles. The Labute approximate surface area is 241 Å². The van der Waals surface area contributed by atoms with Gasteiger partial charge in [0.05, 0.1) is 11.9 Å². The third kappa shape index (κ3) is 8.99. The van der Waals surface area contributed by atoms with E-state index >= 15 is 0 Å². The smallest absolute Gasteiger partial charge is 0.244 e. The number of hydrogen-bond donors (Lipinski definition) is 1. The van der Waals surface area contributed by atoms with Crippen LogP contribution in [0.15, 0.2) is 78.9 Å². The Bertz CT molecular complexity index is 1360. The second kappa shape index (κ2) is 14.2. The van der Waals surface area contributed by atoms with Crippen LogP contribution in [-0.2, 0) is 32.8 Å². The lowest BCUT2D eigenvalue weighted by Gasteiger charge is -2.33. The molecule has 214 valence electrons. The Hall–Kier alpha value is -3.56. The molecule has 0 fully saturated rings. The molecule has 8 nitrogen and oxygen atoms in total. The van der Waals surface area contributed by atoms with E-state index in [4.69, 9.17) is 16.3 Å². The maximum absolute atomic E-state index is 13.8. The van der Waals surface area contributed by atoms with E-state index in [9.17, 15) is 18.0 Å². The highest BCUT2D eigenvalue weighted by Gasteiger charge is 2.32. The van der Waals surface area contributed by atoms with E-state index in [0.717, 1.165) is 21.7 Å². The molecule has 0 saturated heterocycles. The minimum atomic E-state index is -3.84. The fraction of sp³-hybridized carbons (Fsp3) is 0.333. The number of amides is 2. The summed E-state index contributed by atoms with van der Waals surface area (Å²) in [6.45, 7) is 5.51. The lowest BCUT2D eigenvalue weighted by Crippen LogP contribution is -2.53.